The van der Waals surface area contributed by atoms with E-state index < -0.39 is 23.4 Å². The number of thiazole rings is 1. The smallest absolute Gasteiger partial charge is 0.408 e. The number of ketones is 1. The highest BCUT2D eigenvalue weighted by molar-refractivity contribution is 7.18. The third-order valence-corrected chi connectivity index (χ3v) is 3.92. The number of fused-ring (bicyclic) bond motifs is 1. The number of aromatic nitrogens is 1. The number of ether oxygens (including phenoxy) is 1. The Morgan fingerprint density at radius 1 is 1.39 bits per heavy atom. The summed E-state index contributed by atoms with van der Waals surface area (Å²) >= 11 is 1.30. The third-order valence-electron chi connectivity index (χ3n) is 2.81. The fraction of sp³-hybridized carbons (Fsp3) is 0.375. The third kappa shape index (κ3) is 4.50. The van der Waals surface area contributed by atoms with Gasteiger partial charge in [-0.2, -0.15) is 5.26 Å². The number of carbonyl (C=O) groups is 2. The number of nitriles is 1. The van der Waals surface area contributed by atoms with Gasteiger partial charge in [0.1, 0.15) is 10.6 Å². The number of hydrogen-bond acceptors (Lipinski definition) is 6. The number of Topliss-reactive ketones (excluding diaryl/α,β-unsaturated/α-hetero) is 1. The molecule has 0 aliphatic carbocycles. The SMILES string of the molecule is CC(C)(C)OC(=O)NCC(=O)C(C#N)c1nc2ccccc2s1. The van der Waals surface area contributed by atoms with Crippen LogP contribution in [0.1, 0.15) is 31.7 Å². The maximum atomic E-state index is 12.2. The average molecular weight is 331 g/mol. The minimum atomic E-state index is -0.998. The Labute approximate surface area is 138 Å². The van der Waals surface area contributed by atoms with Crippen molar-refractivity contribution < 1.29 is 14.3 Å². The van der Waals surface area contributed by atoms with E-state index in [9.17, 15) is 14.9 Å². The lowest BCUT2D eigenvalue weighted by atomic mass is 10.1. The minimum absolute atomic E-state index is 0.275. The van der Waals surface area contributed by atoms with E-state index in [0.717, 1.165) is 10.2 Å². The summed E-state index contributed by atoms with van der Waals surface area (Å²) in [4.78, 5) is 28.1. The molecular weight excluding hydrogens is 314 g/mol. The summed E-state index contributed by atoms with van der Waals surface area (Å²) in [5.41, 5.74) is 0.107. The summed E-state index contributed by atoms with van der Waals surface area (Å²) in [5, 5.41) is 12.1. The predicted molar refractivity (Wildman–Crippen MR) is 87.2 cm³/mol. The van der Waals surface area contributed by atoms with Gasteiger partial charge in [0, 0.05) is 0 Å². The molecule has 0 radical (unpaired) electrons. The van der Waals surface area contributed by atoms with Crippen LogP contribution in [0.4, 0.5) is 4.79 Å². The van der Waals surface area contributed by atoms with Crippen LogP contribution in [0.25, 0.3) is 10.2 Å². The van der Waals surface area contributed by atoms with Crippen LogP contribution in [0.3, 0.4) is 0 Å². The van der Waals surface area contributed by atoms with Gasteiger partial charge in [0.05, 0.1) is 22.8 Å². The van der Waals surface area contributed by atoms with Crippen molar-refractivity contribution in [2.45, 2.75) is 32.3 Å². The van der Waals surface area contributed by atoms with Crippen molar-refractivity contribution in [1.82, 2.24) is 10.3 Å². The van der Waals surface area contributed by atoms with Crippen LogP contribution in [0.2, 0.25) is 0 Å². The van der Waals surface area contributed by atoms with Crippen LogP contribution in [0.15, 0.2) is 24.3 Å². The summed E-state index contributed by atoms with van der Waals surface area (Å²) in [5.74, 6) is -1.42. The van der Waals surface area contributed by atoms with E-state index in [1.165, 1.54) is 11.3 Å². The molecule has 0 saturated heterocycles. The molecule has 7 heteroatoms. The number of benzene rings is 1. The van der Waals surface area contributed by atoms with Crippen molar-refractivity contribution in [2.24, 2.45) is 0 Å². The van der Waals surface area contributed by atoms with Crippen LogP contribution >= 0.6 is 11.3 Å². The Kier molecular flexibility index (Phi) is 4.96. The molecule has 1 atom stereocenters. The van der Waals surface area contributed by atoms with Gasteiger partial charge in [-0.3, -0.25) is 4.79 Å². The average Bonchev–Trinajstić information content (AvgIpc) is 2.87. The molecule has 23 heavy (non-hydrogen) atoms. The Bertz CT molecular complexity index is 738. The molecule has 0 aliphatic heterocycles. The molecule has 1 heterocycles. The van der Waals surface area contributed by atoms with Crippen molar-refractivity contribution in [3.05, 3.63) is 29.3 Å². The molecule has 6 nitrogen and oxygen atoms in total. The number of para-hydroxylation sites is 1. The van der Waals surface area contributed by atoms with Gasteiger partial charge >= 0.3 is 6.09 Å². The first-order valence-electron chi connectivity index (χ1n) is 7.05. The van der Waals surface area contributed by atoms with E-state index in [1.54, 1.807) is 20.8 Å². The molecule has 0 aliphatic rings. The molecule has 1 aromatic carbocycles. The maximum Gasteiger partial charge on any atom is 0.408 e. The molecule has 0 spiro atoms. The van der Waals surface area contributed by atoms with Crippen molar-refractivity contribution in [2.75, 3.05) is 6.54 Å². The van der Waals surface area contributed by atoms with Gasteiger partial charge in [-0.25, -0.2) is 9.78 Å². The first kappa shape index (κ1) is 16.9. The van der Waals surface area contributed by atoms with E-state index in [4.69, 9.17) is 4.74 Å². The highest BCUT2D eigenvalue weighted by Crippen LogP contribution is 2.27. The molecule has 0 bridgehead atoms. The number of alkyl carbamates (subject to hydrolysis) is 1. The predicted octanol–water partition coefficient (Wildman–Crippen LogP) is 3.00. The first-order chi connectivity index (χ1) is 10.8. The van der Waals surface area contributed by atoms with E-state index in [2.05, 4.69) is 10.3 Å². The van der Waals surface area contributed by atoms with Crippen LogP contribution in [0.5, 0.6) is 0 Å². The topological polar surface area (TPSA) is 92.1 Å². The standard InChI is InChI=1S/C16H17N3O3S/c1-16(2,3)22-15(21)18-9-12(20)10(8-17)14-19-11-6-4-5-7-13(11)23-14/h4-7,10H,9H2,1-3H3,(H,18,21). The van der Waals surface area contributed by atoms with Gasteiger partial charge in [0.15, 0.2) is 11.7 Å². The summed E-state index contributed by atoms with van der Waals surface area (Å²) in [6.45, 7) is 4.91. The second-order valence-corrected chi connectivity index (χ2v) is 6.97. The Morgan fingerprint density at radius 2 is 2.09 bits per heavy atom. The number of nitrogens with one attached hydrogen (secondary N) is 1. The van der Waals surface area contributed by atoms with Gasteiger partial charge in [0.2, 0.25) is 0 Å². The zero-order chi connectivity index (χ0) is 17.0. The molecule has 1 N–H and O–H groups in total. The Hall–Kier alpha value is -2.46. The molecule has 1 aromatic heterocycles. The van der Waals surface area contributed by atoms with Gasteiger partial charge in [-0.15, -0.1) is 11.3 Å². The van der Waals surface area contributed by atoms with Gasteiger partial charge < -0.3 is 10.1 Å². The molecule has 2 rings (SSSR count). The molecular formula is C16H17N3O3S. The summed E-state index contributed by atoms with van der Waals surface area (Å²) in [6.07, 6.45) is -0.688. The van der Waals surface area contributed by atoms with Gasteiger partial charge in [-0.05, 0) is 32.9 Å². The quantitative estimate of drug-likeness (QED) is 0.929. The number of amides is 1. The molecule has 2 aromatic rings. The molecule has 120 valence electrons. The molecule has 1 amide bonds. The molecule has 0 saturated carbocycles. The Balaban J connectivity index is 2.04. The second kappa shape index (κ2) is 6.75. The normalized spacial score (nSPS) is 12.4. The molecule has 1 unspecified atom stereocenters. The summed E-state index contributed by atoms with van der Waals surface area (Å²) in [6, 6.07) is 9.39. The summed E-state index contributed by atoms with van der Waals surface area (Å²) < 4.78 is 5.97. The lowest BCUT2D eigenvalue weighted by Crippen LogP contribution is -2.36. The minimum Gasteiger partial charge on any atom is -0.444 e. The molecule has 0 fully saturated rings. The largest absolute Gasteiger partial charge is 0.444 e. The lowest BCUT2D eigenvalue weighted by Gasteiger charge is -2.19. The first-order valence-corrected chi connectivity index (χ1v) is 7.86. The van der Waals surface area contributed by atoms with Crippen LogP contribution < -0.4 is 5.32 Å². The Morgan fingerprint density at radius 3 is 2.70 bits per heavy atom. The number of carbonyl (C=O) groups excluding carboxylic acids is 2. The van der Waals surface area contributed by atoms with Crippen molar-refractivity contribution >= 4 is 33.4 Å². The van der Waals surface area contributed by atoms with Crippen molar-refractivity contribution in [3.63, 3.8) is 0 Å². The summed E-state index contributed by atoms with van der Waals surface area (Å²) in [7, 11) is 0. The second-order valence-electron chi connectivity index (χ2n) is 5.90. The number of rotatable bonds is 4. The van der Waals surface area contributed by atoms with Gasteiger partial charge in [0.25, 0.3) is 0 Å². The fourth-order valence-electron chi connectivity index (χ4n) is 1.85. The highest BCUT2D eigenvalue weighted by Gasteiger charge is 2.25. The van der Waals surface area contributed by atoms with Crippen LogP contribution in [-0.2, 0) is 9.53 Å². The lowest BCUT2D eigenvalue weighted by molar-refractivity contribution is -0.118. The fourth-order valence-corrected chi connectivity index (χ4v) is 2.89. The van der Waals surface area contributed by atoms with E-state index in [-0.39, 0.29) is 6.54 Å². The highest BCUT2D eigenvalue weighted by atomic mass is 32.1. The number of hydrogen-bond donors (Lipinski definition) is 1. The zero-order valence-electron chi connectivity index (χ0n) is 13.1. The zero-order valence-corrected chi connectivity index (χ0v) is 13.9. The van der Waals surface area contributed by atoms with E-state index >= 15 is 0 Å². The van der Waals surface area contributed by atoms with Crippen LogP contribution in [-0.4, -0.2) is 29.0 Å². The van der Waals surface area contributed by atoms with Crippen molar-refractivity contribution in [3.8, 4) is 6.07 Å². The monoisotopic (exact) mass is 331 g/mol. The van der Waals surface area contributed by atoms with Crippen molar-refractivity contribution in [1.29, 1.82) is 5.26 Å². The maximum absolute atomic E-state index is 12.2. The van der Waals surface area contributed by atoms with Gasteiger partial charge in [-0.1, -0.05) is 12.1 Å². The number of nitrogens with zero attached hydrogens (tertiary/aromatic N) is 2. The van der Waals surface area contributed by atoms with Crippen LogP contribution in [0, 0.1) is 11.3 Å². The van der Waals surface area contributed by atoms with E-state index in [0.29, 0.717) is 5.01 Å². The van der Waals surface area contributed by atoms with E-state index in [1.807, 2.05) is 30.3 Å².